The Bertz CT molecular complexity index is 457. The average molecular weight is 233 g/mol. The minimum Gasteiger partial charge on any atom is -0.254 e. The lowest BCUT2D eigenvalue weighted by atomic mass is 9.93. The fourth-order valence-corrected chi connectivity index (χ4v) is 2.49. The fraction of sp³-hybridized carbons (Fsp3) is 0.417. The van der Waals surface area contributed by atoms with Crippen LogP contribution in [0, 0.1) is 5.41 Å². The van der Waals surface area contributed by atoms with Gasteiger partial charge in [0.2, 0.25) is 0 Å². The van der Waals surface area contributed by atoms with Crippen LogP contribution in [0.3, 0.4) is 0 Å². The minimum absolute atomic E-state index is 0.251. The van der Waals surface area contributed by atoms with E-state index in [0.29, 0.717) is 0 Å². The third kappa shape index (κ3) is 2.85. The first-order valence-corrected chi connectivity index (χ1v) is 6.10. The van der Waals surface area contributed by atoms with Crippen molar-refractivity contribution in [3.63, 3.8) is 0 Å². The summed E-state index contributed by atoms with van der Waals surface area (Å²) in [6, 6.07) is 5.83. The van der Waals surface area contributed by atoms with E-state index in [1.54, 1.807) is 17.5 Å². The summed E-state index contributed by atoms with van der Waals surface area (Å²) in [5.41, 5.74) is 1.15. The molecule has 0 aliphatic rings. The summed E-state index contributed by atoms with van der Waals surface area (Å²) in [6.07, 6.45) is 2.73. The van der Waals surface area contributed by atoms with Gasteiger partial charge in [-0.3, -0.25) is 4.98 Å². The predicted molar refractivity (Wildman–Crippen MR) is 66.3 cm³/mol. The Hall–Kier alpha value is -1.29. The second-order valence-corrected chi connectivity index (χ2v) is 6.02. The van der Waals surface area contributed by atoms with E-state index in [9.17, 15) is 0 Å². The van der Waals surface area contributed by atoms with Gasteiger partial charge < -0.3 is 0 Å². The molecule has 2 rings (SSSR count). The molecule has 0 bridgehead atoms. The van der Waals surface area contributed by atoms with Gasteiger partial charge in [0.1, 0.15) is 10.7 Å². The number of rotatable bonds is 2. The smallest absolute Gasteiger partial charge is 0.166 e. The Balaban J connectivity index is 2.21. The number of hydrogen-bond acceptors (Lipinski definition) is 4. The zero-order valence-electron chi connectivity index (χ0n) is 9.77. The zero-order valence-corrected chi connectivity index (χ0v) is 10.6. The Morgan fingerprint density at radius 1 is 1.19 bits per heavy atom. The van der Waals surface area contributed by atoms with Crippen LogP contribution in [-0.2, 0) is 6.42 Å². The van der Waals surface area contributed by atoms with Crippen molar-refractivity contribution in [3.8, 4) is 10.7 Å². The molecule has 0 aliphatic carbocycles. The first-order chi connectivity index (χ1) is 7.54. The first kappa shape index (κ1) is 11.2. The molecular formula is C12H15N3S. The molecule has 0 N–H and O–H groups in total. The molecule has 0 saturated carbocycles. The summed E-state index contributed by atoms with van der Waals surface area (Å²) in [5.74, 6) is 0. The van der Waals surface area contributed by atoms with Gasteiger partial charge in [-0.2, -0.15) is 0 Å². The Morgan fingerprint density at radius 2 is 2.00 bits per heavy atom. The van der Waals surface area contributed by atoms with Crippen molar-refractivity contribution in [1.29, 1.82) is 0 Å². The van der Waals surface area contributed by atoms with Crippen LogP contribution in [0.4, 0.5) is 0 Å². The molecule has 2 aromatic rings. The topological polar surface area (TPSA) is 38.7 Å². The standard InChI is InChI=1S/C12H15N3S/c1-12(2,3)8-10-14-15-11(16-10)9-6-4-5-7-13-9/h4-7H,8H2,1-3H3. The summed E-state index contributed by atoms with van der Waals surface area (Å²) in [4.78, 5) is 4.27. The zero-order chi connectivity index (χ0) is 11.6. The Morgan fingerprint density at radius 3 is 2.62 bits per heavy atom. The molecule has 16 heavy (non-hydrogen) atoms. The SMILES string of the molecule is CC(C)(C)Cc1nnc(-c2ccccn2)s1. The molecule has 0 radical (unpaired) electrons. The van der Waals surface area contributed by atoms with Gasteiger partial charge in [-0.25, -0.2) is 0 Å². The summed E-state index contributed by atoms with van der Waals surface area (Å²) < 4.78 is 0. The number of hydrogen-bond donors (Lipinski definition) is 0. The Labute approximate surface area is 99.6 Å². The van der Waals surface area contributed by atoms with E-state index < -0.39 is 0 Å². The number of pyridine rings is 1. The van der Waals surface area contributed by atoms with Crippen molar-refractivity contribution in [2.24, 2.45) is 5.41 Å². The van der Waals surface area contributed by atoms with E-state index in [2.05, 4.69) is 36.0 Å². The second kappa shape index (κ2) is 4.29. The Kier molecular flexibility index (Phi) is 3.01. The highest BCUT2D eigenvalue weighted by Gasteiger charge is 2.15. The van der Waals surface area contributed by atoms with E-state index in [1.807, 2.05) is 18.2 Å². The molecule has 4 heteroatoms. The lowest BCUT2D eigenvalue weighted by Gasteiger charge is -2.14. The molecule has 0 fully saturated rings. The highest BCUT2D eigenvalue weighted by molar-refractivity contribution is 7.14. The minimum atomic E-state index is 0.251. The molecule has 0 saturated heterocycles. The van der Waals surface area contributed by atoms with Gasteiger partial charge in [0.25, 0.3) is 0 Å². The number of aromatic nitrogens is 3. The highest BCUT2D eigenvalue weighted by atomic mass is 32.1. The van der Waals surface area contributed by atoms with E-state index >= 15 is 0 Å². The molecule has 0 amide bonds. The summed E-state index contributed by atoms with van der Waals surface area (Å²) in [7, 11) is 0. The molecule has 0 atom stereocenters. The van der Waals surface area contributed by atoms with Crippen LogP contribution < -0.4 is 0 Å². The summed E-state index contributed by atoms with van der Waals surface area (Å²) in [6.45, 7) is 6.61. The van der Waals surface area contributed by atoms with Gasteiger partial charge in [-0.15, -0.1) is 10.2 Å². The molecule has 2 heterocycles. The van der Waals surface area contributed by atoms with Crippen LogP contribution in [-0.4, -0.2) is 15.2 Å². The van der Waals surface area contributed by atoms with Crippen molar-refractivity contribution < 1.29 is 0 Å². The van der Waals surface area contributed by atoms with Crippen LogP contribution >= 0.6 is 11.3 Å². The lowest BCUT2D eigenvalue weighted by Crippen LogP contribution is -2.08. The summed E-state index contributed by atoms with van der Waals surface area (Å²) in [5, 5.41) is 10.4. The lowest BCUT2D eigenvalue weighted by molar-refractivity contribution is 0.409. The third-order valence-corrected chi connectivity index (χ3v) is 2.98. The molecule has 84 valence electrons. The quantitative estimate of drug-likeness (QED) is 0.799. The van der Waals surface area contributed by atoms with Gasteiger partial charge in [0, 0.05) is 12.6 Å². The van der Waals surface area contributed by atoms with Gasteiger partial charge in [-0.1, -0.05) is 38.2 Å². The molecule has 2 aromatic heterocycles. The van der Waals surface area contributed by atoms with E-state index in [1.165, 1.54) is 0 Å². The maximum atomic E-state index is 4.27. The fourth-order valence-electron chi connectivity index (χ4n) is 1.37. The van der Waals surface area contributed by atoms with Crippen LogP contribution in [0.15, 0.2) is 24.4 Å². The summed E-state index contributed by atoms with van der Waals surface area (Å²) >= 11 is 1.63. The van der Waals surface area contributed by atoms with Crippen molar-refractivity contribution in [2.45, 2.75) is 27.2 Å². The largest absolute Gasteiger partial charge is 0.254 e. The highest BCUT2D eigenvalue weighted by Crippen LogP contribution is 2.26. The van der Waals surface area contributed by atoms with E-state index in [0.717, 1.165) is 22.1 Å². The molecule has 0 aromatic carbocycles. The molecule has 0 aliphatic heterocycles. The van der Waals surface area contributed by atoms with Crippen LogP contribution in [0.1, 0.15) is 25.8 Å². The first-order valence-electron chi connectivity index (χ1n) is 5.28. The number of nitrogens with zero attached hydrogens (tertiary/aromatic N) is 3. The predicted octanol–water partition coefficient (Wildman–Crippen LogP) is 3.19. The molecule has 0 unspecified atom stereocenters. The van der Waals surface area contributed by atoms with E-state index in [-0.39, 0.29) is 5.41 Å². The third-order valence-electron chi connectivity index (χ3n) is 2.03. The maximum Gasteiger partial charge on any atom is 0.166 e. The van der Waals surface area contributed by atoms with Crippen molar-refractivity contribution in [3.05, 3.63) is 29.4 Å². The molecular weight excluding hydrogens is 218 g/mol. The molecule has 3 nitrogen and oxygen atoms in total. The van der Waals surface area contributed by atoms with Gasteiger partial charge in [0.15, 0.2) is 5.01 Å². The molecule has 0 spiro atoms. The normalized spacial score (nSPS) is 11.7. The van der Waals surface area contributed by atoms with E-state index in [4.69, 9.17) is 0 Å². The van der Waals surface area contributed by atoms with Crippen molar-refractivity contribution in [2.75, 3.05) is 0 Å². The maximum absolute atomic E-state index is 4.27. The van der Waals surface area contributed by atoms with Gasteiger partial charge in [0.05, 0.1) is 0 Å². The van der Waals surface area contributed by atoms with Gasteiger partial charge >= 0.3 is 0 Å². The van der Waals surface area contributed by atoms with Crippen molar-refractivity contribution >= 4 is 11.3 Å². The monoisotopic (exact) mass is 233 g/mol. The van der Waals surface area contributed by atoms with Crippen LogP contribution in [0.5, 0.6) is 0 Å². The van der Waals surface area contributed by atoms with Crippen molar-refractivity contribution in [1.82, 2.24) is 15.2 Å². The van der Waals surface area contributed by atoms with Gasteiger partial charge in [-0.05, 0) is 17.5 Å². The average Bonchev–Trinajstić information content (AvgIpc) is 2.65. The second-order valence-electron chi connectivity index (χ2n) is 4.95. The van der Waals surface area contributed by atoms with Crippen LogP contribution in [0.25, 0.3) is 10.7 Å². The van der Waals surface area contributed by atoms with Crippen LogP contribution in [0.2, 0.25) is 0 Å².